The summed E-state index contributed by atoms with van der Waals surface area (Å²) in [5.74, 6) is 0.262. The third kappa shape index (κ3) is 5.80. The van der Waals surface area contributed by atoms with Gasteiger partial charge < -0.3 is 4.74 Å². The standard InChI is InChI=1S/C11H15ClN2O4S/c1-8(2)18-11(15)14-19(16,17)13-10-5-3-4-9(6-10)7-12/h3-6,8,13H,7H2,1-2H3,(H,14,15). The second kappa shape index (κ2) is 6.63. The van der Waals surface area contributed by atoms with Gasteiger partial charge in [-0.3, -0.25) is 4.72 Å². The zero-order valence-electron chi connectivity index (χ0n) is 10.5. The summed E-state index contributed by atoms with van der Waals surface area (Å²) in [4.78, 5) is 11.2. The zero-order valence-corrected chi connectivity index (χ0v) is 12.1. The highest BCUT2D eigenvalue weighted by Crippen LogP contribution is 2.13. The first-order valence-corrected chi connectivity index (χ1v) is 7.50. The molecule has 6 nitrogen and oxygen atoms in total. The Morgan fingerprint density at radius 3 is 2.68 bits per heavy atom. The fourth-order valence-corrected chi connectivity index (χ4v) is 2.17. The normalized spacial score (nSPS) is 11.2. The van der Waals surface area contributed by atoms with Gasteiger partial charge in [0.2, 0.25) is 0 Å². The number of rotatable bonds is 5. The molecule has 106 valence electrons. The monoisotopic (exact) mass is 306 g/mol. The molecule has 19 heavy (non-hydrogen) atoms. The van der Waals surface area contributed by atoms with Crippen LogP contribution in [-0.2, 0) is 20.8 Å². The summed E-state index contributed by atoms with van der Waals surface area (Å²) in [6.45, 7) is 3.23. The summed E-state index contributed by atoms with van der Waals surface area (Å²) >= 11 is 5.64. The summed E-state index contributed by atoms with van der Waals surface area (Å²) in [6.07, 6.45) is -1.44. The van der Waals surface area contributed by atoms with Crippen LogP contribution in [0.3, 0.4) is 0 Å². The van der Waals surface area contributed by atoms with Crippen molar-refractivity contribution in [3.05, 3.63) is 29.8 Å². The van der Waals surface area contributed by atoms with Crippen LogP contribution < -0.4 is 9.44 Å². The van der Waals surface area contributed by atoms with Gasteiger partial charge in [0.25, 0.3) is 0 Å². The molecule has 1 amide bonds. The first kappa shape index (κ1) is 15.6. The maximum absolute atomic E-state index is 11.6. The van der Waals surface area contributed by atoms with Gasteiger partial charge in [0, 0.05) is 5.88 Å². The van der Waals surface area contributed by atoms with Crippen LogP contribution >= 0.6 is 11.6 Å². The first-order valence-electron chi connectivity index (χ1n) is 5.48. The molecule has 0 aliphatic carbocycles. The molecular formula is C11H15ClN2O4S. The first-order chi connectivity index (χ1) is 8.82. The predicted molar refractivity (Wildman–Crippen MR) is 73.3 cm³/mol. The lowest BCUT2D eigenvalue weighted by Crippen LogP contribution is -2.36. The van der Waals surface area contributed by atoms with E-state index in [4.69, 9.17) is 11.6 Å². The van der Waals surface area contributed by atoms with Crippen LogP contribution in [0, 0.1) is 0 Å². The zero-order chi connectivity index (χ0) is 14.5. The average molecular weight is 307 g/mol. The molecule has 0 saturated heterocycles. The summed E-state index contributed by atoms with van der Waals surface area (Å²) in [5, 5.41) is 0. The van der Waals surface area contributed by atoms with Gasteiger partial charge in [0.05, 0.1) is 11.8 Å². The van der Waals surface area contributed by atoms with Gasteiger partial charge in [-0.05, 0) is 31.5 Å². The number of amides is 1. The molecule has 8 heteroatoms. The third-order valence-corrected chi connectivity index (χ3v) is 3.14. The SMILES string of the molecule is CC(C)OC(=O)NS(=O)(=O)Nc1cccc(CCl)c1. The van der Waals surface area contributed by atoms with Crippen molar-refractivity contribution in [1.29, 1.82) is 0 Å². The van der Waals surface area contributed by atoms with Crippen LogP contribution in [0.1, 0.15) is 19.4 Å². The second-order valence-corrected chi connectivity index (χ2v) is 5.68. The molecule has 1 rings (SSSR count). The minimum Gasteiger partial charge on any atom is -0.446 e. The van der Waals surface area contributed by atoms with Crippen molar-refractivity contribution in [1.82, 2.24) is 4.72 Å². The number of halogens is 1. The maximum Gasteiger partial charge on any atom is 0.422 e. The molecule has 0 aromatic heterocycles. The third-order valence-electron chi connectivity index (χ3n) is 1.89. The van der Waals surface area contributed by atoms with E-state index in [1.807, 2.05) is 0 Å². The minimum atomic E-state index is -4.02. The molecule has 1 aromatic carbocycles. The number of hydrogen-bond acceptors (Lipinski definition) is 4. The largest absolute Gasteiger partial charge is 0.446 e. The number of anilines is 1. The average Bonchev–Trinajstić information content (AvgIpc) is 2.26. The van der Waals surface area contributed by atoms with Gasteiger partial charge in [-0.2, -0.15) is 8.42 Å². The smallest absolute Gasteiger partial charge is 0.422 e. The minimum absolute atomic E-state index is 0.262. The Morgan fingerprint density at radius 2 is 2.11 bits per heavy atom. The van der Waals surface area contributed by atoms with Gasteiger partial charge in [-0.15, -0.1) is 11.6 Å². The van der Waals surface area contributed by atoms with E-state index in [0.717, 1.165) is 5.56 Å². The van der Waals surface area contributed by atoms with Crippen molar-refractivity contribution in [3.63, 3.8) is 0 Å². The molecule has 0 saturated carbocycles. The van der Waals surface area contributed by atoms with Crippen molar-refractivity contribution in [2.45, 2.75) is 25.8 Å². The number of nitrogens with one attached hydrogen (secondary N) is 2. The lowest BCUT2D eigenvalue weighted by Gasteiger charge is -2.11. The lowest BCUT2D eigenvalue weighted by molar-refractivity contribution is 0.121. The summed E-state index contributed by atoms with van der Waals surface area (Å²) in [5.41, 5.74) is 1.06. The molecule has 0 fully saturated rings. The van der Waals surface area contributed by atoms with E-state index in [9.17, 15) is 13.2 Å². The number of alkyl halides is 1. The van der Waals surface area contributed by atoms with Crippen molar-refractivity contribution in [2.24, 2.45) is 0 Å². The number of benzene rings is 1. The molecule has 1 aromatic rings. The Hall–Kier alpha value is -1.47. The number of ether oxygens (including phenoxy) is 1. The van der Waals surface area contributed by atoms with E-state index in [-0.39, 0.29) is 5.88 Å². The van der Waals surface area contributed by atoms with Gasteiger partial charge >= 0.3 is 16.3 Å². The summed E-state index contributed by atoms with van der Waals surface area (Å²) in [6, 6.07) is 6.52. The van der Waals surface area contributed by atoms with Crippen molar-refractivity contribution >= 4 is 33.6 Å². The van der Waals surface area contributed by atoms with E-state index in [1.54, 1.807) is 42.8 Å². The topological polar surface area (TPSA) is 84.5 Å². The molecule has 0 aliphatic rings. The maximum atomic E-state index is 11.6. The van der Waals surface area contributed by atoms with Crippen LogP contribution in [0.25, 0.3) is 0 Å². The van der Waals surface area contributed by atoms with E-state index in [1.165, 1.54) is 0 Å². The quantitative estimate of drug-likeness (QED) is 0.817. The molecule has 0 spiro atoms. The fourth-order valence-electron chi connectivity index (χ4n) is 1.25. The summed E-state index contributed by atoms with van der Waals surface area (Å²) in [7, 11) is -4.02. The van der Waals surface area contributed by atoms with Crippen LogP contribution in [0.15, 0.2) is 24.3 Å². The molecule has 0 aliphatic heterocycles. The van der Waals surface area contributed by atoms with Crippen LogP contribution in [0.2, 0.25) is 0 Å². The Balaban J connectivity index is 2.71. The van der Waals surface area contributed by atoms with Gasteiger partial charge in [-0.1, -0.05) is 12.1 Å². The molecule has 2 N–H and O–H groups in total. The van der Waals surface area contributed by atoms with Gasteiger partial charge in [0.15, 0.2) is 0 Å². The number of carbonyl (C=O) groups excluding carboxylic acids is 1. The summed E-state index contributed by atoms with van der Waals surface area (Å²) < 4.78 is 31.9. The molecule has 0 radical (unpaired) electrons. The molecule has 0 atom stereocenters. The molecule has 0 bridgehead atoms. The lowest BCUT2D eigenvalue weighted by atomic mass is 10.2. The predicted octanol–water partition coefficient (Wildman–Crippen LogP) is 2.22. The molecule has 0 heterocycles. The van der Waals surface area contributed by atoms with Crippen molar-refractivity contribution < 1.29 is 17.9 Å². The Bertz CT molecular complexity index is 545. The number of hydrogen-bond donors (Lipinski definition) is 2. The van der Waals surface area contributed by atoms with E-state index in [2.05, 4.69) is 9.46 Å². The van der Waals surface area contributed by atoms with Gasteiger partial charge in [-0.25, -0.2) is 9.52 Å². The van der Waals surface area contributed by atoms with Gasteiger partial charge in [0.1, 0.15) is 0 Å². The number of carbonyl (C=O) groups is 1. The highest BCUT2D eigenvalue weighted by Gasteiger charge is 2.16. The Kier molecular flexibility index (Phi) is 5.44. The van der Waals surface area contributed by atoms with Crippen molar-refractivity contribution in [2.75, 3.05) is 4.72 Å². The van der Waals surface area contributed by atoms with Crippen LogP contribution in [0.4, 0.5) is 10.5 Å². The second-order valence-electron chi connectivity index (χ2n) is 4.00. The molecule has 0 unspecified atom stereocenters. The Labute approximate surface area is 117 Å². The molecular weight excluding hydrogens is 292 g/mol. The van der Waals surface area contributed by atoms with Crippen molar-refractivity contribution in [3.8, 4) is 0 Å². The van der Waals surface area contributed by atoms with E-state index < -0.39 is 22.4 Å². The van der Waals surface area contributed by atoms with E-state index in [0.29, 0.717) is 5.69 Å². The van der Waals surface area contributed by atoms with E-state index >= 15 is 0 Å². The van der Waals surface area contributed by atoms with Crippen LogP contribution in [0.5, 0.6) is 0 Å². The van der Waals surface area contributed by atoms with Crippen LogP contribution in [-0.4, -0.2) is 20.6 Å². The highest BCUT2D eigenvalue weighted by atomic mass is 35.5. The Morgan fingerprint density at radius 1 is 1.42 bits per heavy atom. The highest BCUT2D eigenvalue weighted by molar-refractivity contribution is 7.91. The fraction of sp³-hybridized carbons (Fsp3) is 0.364.